The molecule has 1 heterocycles. The van der Waals surface area contributed by atoms with Crippen molar-refractivity contribution in [1.82, 2.24) is 14.7 Å². The van der Waals surface area contributed by atoms with Crippen LogP contribution in [-0.2, 0) is 15.0 Å². The molecule has 0 unspecified atom stereocenters. The molecule has 7 heteroatoms. The lowest BCUT2D eigenvalue weighted by molar-refractivity contribution is -0.134. The standard InChI is InChI=1S/C25H35ClN4O2/c1-5-29(24(32)15-10-18-8-6-7-9-18)17-23(31)27-22-16-21(25(2,3)4)28-30(22)20-13-11-19(26)12-14-20/h11-14,16,18H,5-10,15,17H2,1-4H3,(H,27,31). The van der Waals surface area contributed by atoms with E-state index >= 15 is 0 Å². The number of hydrogen-bond acceptors (Lipinski definition) is 3. The van der Waals surface area contributed by atoms with E-state index in [0.29, 0.717) is 29.7 Å². The number of nitrogens with one attached hydrogen (secondary N) is 1. The lowest BCUT2D eigenvalue weighted by Gasteiger charge is -2.21. The van der Waals surface area contributed by atoms with Gasteiger partial charge in [-0.1, -0.05) is 58.1 Å². The molecule has 1 N–H and O–H groups in total. The molecule has 32 heavy (non-hydrogen) atoms. The van der Waals surface area contributed by atoms with Crippen molar-refractivity contribution >= 4 is 29.2 Å². The molecule has 3 rings (SSSR count). The summed E-state index contributed by atoms with van der Waals surface area (Å²) >= 11 is 6.03. The second kappa shape index (κ2) is 10.5. The summed E-state index contributed by atoms with van der Waals surface area (Å²) in [7, 11) is 0. The van der Waals surface area contributed by atoms with E-state index in [1.165, 1.54) is 25.7 Å². The number of anilines is 1. The van der Waals surface area contributed by atoms with Gasteiger partial charge in [-0.2, -0.15) is 5.10 Å². The van der Waals surface area contributed by atoms with Gasteiger partial charge in [0.15, 0.2) is 0 Å². The Bertz CT molecular complexity index is 924. The molecule has 0 atom stereocenters. The Balaban J connectivity index is 1.70. The molecule has 0 spiro atoms. The zero-order chi connectivity index (χ0) is 23.3. The van der Waals surface area contributed by atoms with Gasteiger partial charge in [0.25, 0.3) is 0 Å². The first-order chi connectivity index (χ1) is 15.2. The van der Waals surface area contributed by atoms with E-state index in [9.17, 15) is 9.59 Å². The van der Waals surface area contributed by atoms with Gasteiger partial charge >= 0.3 is 0 Å². The smallest absolute Gasteiger partial charge is 0.245 e. The summed E-state index contributed by atoms with van der Waals surface area (Å²) < 4.78 is 1.72. The van der Waals surface area contributed by atoms with Gasteiger partial charge in [-0.05, 0) is 43.5 Å². The Kier molecular flexibility index (Phi) is 7.99. The molecule has 1 saturated carbocycles. The fourth-order valence-electron chi connectivity index (χ4n) is 4.13. The molecular formula is C25H35ClN4O2. The maximum atomic E-state index is 12.9. The molecule has 0 aliphatic heterocycles. The average molecular weight is 459 g/mol. The lowest BCUT2D eigenvalue weighted by Crippen LogP contribution is -2.38. The fourth-order valence-corrected chi connectivity index (χ4v) is 4.26. The van der Waals surface area contributed by atoms with Crippen LogP contribution in [0.4, 0.5) is 5.82 Å². The van der Waals surface area contributed by atoms with E-state index in [1.54, 1.807) is 21.7 Å². The minimum absolute atomic E-state index is 0.0383. The number of carbonyl (C=O) groups excluding carboxylic acids is 2. The van der Waals surface area contributed by atoms with Crippen LogP contribution in [0.2, 0.25) is 5.02 Å². The van der Waals surface area contributed by atoms with E-state index in [-0.39, 0.29) is 23.8 Å². The van der Waals surface area contributed by atoms with Gasteiger partial charge in [-0.15, -0.1) is 0 Å². The Labute approximate surface area is 196 Å². The van der Waals surface area contributed by atoms with Crippen LogP contribution in [0.1, 0.15) is 71.9 Å². The molecule has 1 aromatic carbocycles. The first kappa shape index (κ1) is 24.3. The van der Waals surface area contributed by atoms with Crippen molar-refractivity contribution in [2.24, 2.45) is 5.92 Å². The van der Waals surface area contributed by atoms with Crippen LogP contribution in [0, 0.1) is 5.92 Å². The number of carbonyl (C=O) groups is 2. The Morgan fingerprint density at radius 2 is 1.84 bits per heavy atom. The molecule has 1 aliphatic carbocycles. The molecule has 6 nitrogen and oxygen atoms in total. The van der Waals surface area contributed by atoms with Crippen molar-refractivity contribution in [3.05, 3.63) is 41.0 Å². The minimum Gasteiger partial charge on any atom is -0.334 e. The van der Waals surface area contributed by atoms with Gasteiger partial charge in [0.05, 0.1) is 17.9 Å². The Hall–Kier alpha value is -2.34. The molecule has 1 aliphatic rings. The van der Waals surface area contributed by atoms with Gasteiger partial charge in [-0.3, -0.25) is 9.59 Å². The van der Waals surface area contributed by atoms with Crippen LogP contribution in [0.5, 0.6) is 0 Å². The van der Waals surface area contributed by atoms with Crippen LogP contribution >= 0.6 is 11.6 Å². The van der Waals surface area contributed by atoms with Crippen LogP contribution in [0.15, 0.2) is 30.3 Å². The summed E-state index contributed by atoms with van der Waals surface area (Å²) in [5.41, 5.74) is 1.49. The molecule has 0 radical (unpaired) electrons. The number of hydrogen-bond donors (Lipinski definition) is 1. The van der Waals surface area contributed by atoms with E-state index < -0.39 is 0 Å². The molecule has 1 aromatic heterocycles. The number of benzene rings is 1. The summed E-state index contributed by atoms with van der Waals surface area (Å²) in [4.78, 5) is 27.2. The van der Waals surface area contributed by atoms with Gasteiger partial charge in [-0.25, -0.2) is 4.68 Å². The van der Waals surface area contributed by atoms with E-state index in [4.69, 9.17) is 16.7 Å². The molecule has 2 aromatic rings. The van der Waals surface area contributed by atoms with Gasteiger partial charge in [0.2, 0.25) is 11.8 Å². The monoisotopic (exact) mass is 458 g/mol. The first-order valence-corrected chi connectivity index (χ1v) is 12.0. The van der Waals surface area contributed by atoms with E-state index in [1.807, 2.05) is 25.1 Å². The summed E-state index contributed by atoms with van der Waals surface area (Å²) in [5, 5.41) is 8.32. The number of halogens is 1. The quantitative estimate of drug-likeness (QED) is 0.561. The highest BCUT2D eigenvalue weighted by Gasteiger charge is 2.23. The maximum absolute atomic E-state index is 12.9. The second-order valence-electron chi connectivity index (χ2n) is 9.70. The fraction of sp³-hybridized carbons (Fsp3) is 0.560. The molecule has 2 amide bonds. The SMILES string of the molecule is CCN(CC(=O)Nc1cc(C(C)(C)C)nn1-c1ccc(Cl)cc1)C(=O)CCC1CCCC1. The largest absolute Gasteiger partial charge is 0.334 e. The lowest BCUT2D eigenvalue weighted by atomic mass is 9.92. The Morgan fingerprint density at radius 1 is 1.19 bits per heavy atom. The second-order valence-corrected chi connectivity index (χ2v) is 10.1. The third kappa shape index (κ3) is 6.35. The van der Waals surface area contributed by atoms with Gasteiger partial charge in [0.1, 0.15) is 5.82 Å². The van der Waals surface area contributed by atoms with E-state index in [2.05, 4.69) is 26.1 Å². The predicted octanol–water partition coefficient (Wildman–Crippen LogP) is 5.58. The molecular weight excluding hydrogens is 424 g/mol. The summed E-state index contributed by atoms with van der Waals surface area (Å²) in [5.74, 6) is 1.07. The van der Waals surface area contributed by atoms with Crippen molar-refractivity contribution in [3.8, 4) is 5.69 Å². The number of likely N-dealkylation sites (N-methyl/N-ethyl adjacent to an activating group) is 1. The average Bonchev–Trinajstić information content (AvgIpc) is 3.40. The first-order valence-electron chi connectivity index (χ1n) is 11.6. The number of nitrogens with zero attached hydrogens (tertiary/aromatic N) is 3. The molecule has 0 saturated heterocycles. The summed E-state index contributed by atoms with van der Waals surface area (Å²) in [6, 6.07) is 9.21. The predicted molar refractivity (Wildman–Crippen MR) is 129 cm³/mol. The van der Waals surface area contributed by atoms with Crippen molar-refractivity contribution in [3.63, 3.8) is 0 Å². The topological polar surface area (TPSA) is 67.2 Å². The zero-order valence-electron chi connectivity index (χ0n) is 19.7. The van der Waals surface area contributed by atoms with Crippen molar-refractivity contribution < 1.29 is 9.59 Å². The highest BCUT2D eigenvalue weighted by atomic mass is 35.5. The summed E-state index contributed by atoms with van der Waals surface area (Å²) in [6.45, 7) is 8.70. The third-order valence-electron chi connectivity index (χ3n) is 6.13. The minimum atomic E-state index is -0.225. The summed E-state index contributed by atoms with van der Waals surface area (Å²) in [6.07, 6.45) is 6.44. The van der Waals surface area contributed by atoms with Crippen LogP contribution in [0.25, 0.3) is 5.69 Å². The zero-order valence-corrected chi connectivity index (χ0v) is 20.4. The molecule has 1 fully saturated rings. The molecule has 174 valence electrons. The van der Waals surface area contributed by atoms with Crippen LogP contribution in [0.3, 0.4) is 0 Å². The molecule has 0 bridgehead atoms. The normalized spacial score (nSPS) is 14.5. The number of amides is 2. The number of aromatic nitrogens is 2. The van der Waals surface area contributed by atoms with Gasteiger partial charge < -0.3 is 10.2 Å². The highest BCUT2D eigenvalue weighted by molar-refractivity contribution is 6.30. The maximum Gasteiger partial charge on any atom is 0.245 e. The van der Waals surface area contributed by atoms with Gasteiger partial charge in [0, 0.05) is 29.5 Å². The van der Waals surface area contributed by atoms with Crippen molar-refractivity contribution in [2.45, 2.75) is 71.6 Å². The third-order valence-corrected chi connectivity index (χ3v) is 6.38. The van der Waals surface area contributed by atoms with Crippen molar-refractivity contribution in [1.29, 1.82) is 0 Å². The number of rotatable bonds is 8. The van der Waals surface area contributed by atoms with Crippen LogP contribution < -0.4 is 5.32 Å². The van der Waals surface area contributed by atoms with Crippen LogP contribution in [-0.4, -0.2) is 39.6 Å². The Morgan fingerprint density at radius 3 is 2.44 bits per heavy atom. The van der Waals surface area contributed by atoms with Crippen molar-refractivity contribution in [2.75, 3.05) is 18.4 Å². The van der Waals surface area contributed by atoms with E-state index in [0.717, 1.165) is 17.8 Å². The highest BCUT2D eigenvalue weighted by Crippen LogP contribution is 2.29.